The molecule has 0 unspecified atom stereocenters. The molecular weight excluding hydrogens is 267 g/mol. The topological polar surface area (TPSA) is 17.1 Å². The Morgan fingerprint density at radius 3 is 2.44 bits per heavy atom. The third-order valence-corrected chi connectivity index (χ3v) is 3.28. The van der Waals surface area contributed by atoms with Crippen LogP contribution in [0.2, 0.25) is 10.0 Å². The van der Waals surface area contributed by atoms with Crippen molar-refractivity contribution in [1.82, 2.24) is 0 Å². The van der Waals surface area contributed by atoms with Gasteiger partial charge in [-0.25, -0.2) is 0 Å². The molecule has 0 aliphatic rings. The molecule has 0 atom stereocenters. The van der Waals surface area contributed by atoms with Crippen molar-refractivity contribution in [2.75, 3.05) is 0 Å². The summed E-state index contributed by atoms with van der Waals surface area (Å²) in [4.78, 5) is 12.0. The van der Waals surface area contributed by atoms with Crippen molar-refractivity contribution in [3.05, 3.63) is 69.7 Å². The number of ketones is 1. The van der Waals surface area contributed by atoms with E-state index in [9.17, 15) is 4.79 Å². The molecule has 1 nitrogen and oxygen atoms in total. The molecule has 0 radical (unpaired) electrons. The maximum absolute atomic E-state index is 12.0. The van der Waals surface area contributed by atoms with Gasteiger partial charge < -0.3 is 0 Å². The van der Waals surface area contributed by atoms with Crippen LogP contribution in [0.25, 0.3) is 0 Å². The second-order valence-corrected chi connectivity index (χ2v) is 4.88. The fourth-order valence-electron chi connectivity index (χ4n) is 1.75. The minimum absolute atomic E-state index is 0.0198. The summed E-state index contributed by atoms with van der Waals surface area (Å²) in [6.07, 6.45) is 1.15. The largest absolute Gasteiger partial charge is 0.294 e. The molecule has 0 N–H and O–H groups in total. The first-order valence-corrected chi connectivity index (χ1v) is 6.44. The third kappa shape index (κ3) is 3.34. The first kappa shape index (κ1) is 13.1. The van der Waals surface area contributed by atoms with E-state index < -0.39 is 0 Å². The van der Waals surface area contributed by atoms with Gasteiger partial charge in [-0.2, -0.15) is 0 Å². The number of aryl methyl sites for hydroxylation is 1. The lowest BCUT2D eigenvalue weighted by Crippen LogP contribution is -2.02. The minimum atomic E-state index is 0.0198. The van der Waals surface area contributed by atoms with Crippen LogP contribution in [0, 0.1) is 0 Å². The molecule has 2 rings (SSSR count). The van der Waals surface area contributed by atoms with Crippen LogP contribution in [0.5, 0.6) is 0 Å². The van der Waals surface area contributed by atoms with Crippen LogP contribution >= 0.6 is 23.2 Å². The molecule has 0 spiro atoms. The summed E-state index contributed by atoms with van der Waals surface area (Å²) in [6, 6.07) is 14.9. The van der Waals surface area contributed by atoms with Crippen molar-refractivity contribution in [2.45, 2.75) is 12.8 Å². The Morgan fingerprint density at radius 1 is 1.00 bits per heavy atom. The van der Waals surface area contributed by atoms with E-state index in [0.717, 1.165) is 5.56 Å². The highest BCUT2D eigenvalue weighted by atomic mass is 35.5. The van der Waals surface area contributed by atoms with Crippen molar-refractivity contribution in [3.8, 4) is 0 Å². The maximum atomic E-state index is 12.0. The van der Waals surface area contributed by atoms with Gasteiger partial charge in [0.1, 0.15) is 0 Å². The summed E-state index contributed by atoms with van der Waals surface area (Å²) >= 11 is 11.9. The quantitative estimate of drug-likeness (QED) is 0.734. The van der Waals surface area contributed by atoms with Crippen molar-refractivity contribution in [1.29, 1.82) is 0 Å². The van der Waals surface area contributed by atoms with Crippen LogP contribution in [0.3, 0.4) is 0 Å². The number of benzene rings is 2. The average molecular weight is 279 g/mol. The normalized spacial score (nSPS) is 10.3. The fraction of sp³-hybridized carbons (Fsp3) is 0.133. The van der Waals surface area contributed by atoms with Crippen LogP contribution in [0.15, 0.2) is 48.5 Å². The Bertz CT molecular complexity index is 550. The van der Waals surface area contributed by atoms with Crippen LogP contribution in [-0.2, 0) is 6.42 Å². The van der Waals surface area contributed by atoms with Gasteiger partial charge in [-0.15, -0.1) is 0 Å². The Hall–Kier alpha value is -1.31. The molecule has 0 aliphatic carbocycles. The fourth-order valence-corrected chi connectivity index (χ4v) is 2.14. The zero-order valence-electron chi connectivity index (χ0n) is 9.70. The van der Waals surface area contributed by atoms with Gasteiger partial charge in [-0.05, 0) is 30.2 Å². The maximum Gasteiger partial charge on any atom is 0.164 e. The monoisotopic (exact) mass is 278 g/mol. The molecule has 18 heavy (non-hydrogen) atoms. The molecule has 2 aromatic carbocycles. The van der Waals surface area contributed by atoms with E-state index in [-0.39, 0.29) is 5.78 Å². The van der Waals surface area contributed by atoms with Crippen LogP contribution in [0.4, 0.5) is 0 Å². The first-order valence-electron chi connectivity index (χ1n) is 5.69. The predicted octanol–water partition coefficient (Wildman–Crippen LogP) is 4.81. The van der Waals surface area contributed by atoms with Crippen LogP contribution in [-0.4, -0.2) is 5.78 Å². The van der Waals surface area contributed by atoms with E-state index >= 15 is 0 Å². The lowest BCUT2D eigenvalue weighted by molar-refractivity contribution is 0.0983. The van der Waals surface area contributed by atoms with Crippen molar-refractivity contribution < 1.29 is 4.79 Å². The second-order valence-electron chi connectivity index (χ2n) is 4.03. The molecule has 3 heteroatoms. The average Bonchev–Trinajstić information content (AvgIpc) is 2.40. The number of hydrogen-bond donors (Lipinski definition) is 0. The highest BCUT2D eigenvalue weighted by molar-refractivity contribution is 6.35. The van der Waals surface area contributed by atoms with Gasteiger partial charge in [0.25, 0.3) is 0 Å². The standard InChI is InChI=1S/C15H12Cl2O/c16-12-7-8-14(17)13(10-12)15(18)9-6-11-4-2-1-3-5-11/h1-5,7-8,10H,6,9H2. The van der Waals surface area contributed by atoms with E-state index in [1.165, 1.54) is 0 Å². The zero-order chi connectivity index (χ0) is 13.0. The van der Waals surface area contributed by atoms with Gasteiger partial charge >= 0.3 is 0 Å². The predicted molar refractivity (Wildman–Crippen MR) is 75.6 cm³/mol. The van der Waals surface area contributed by atoms with Crippen LogP contribution in [0.1, 0.15) is 22.3 Å². The Balaban J connectivity index is 2.06. The summed E-state index contributed by atoms with van der Waals surface area (Å²) in [5.41, 5.74) is 1.64. The smallest absolute Gasteiger partial charge is 0.164 e. The van der Waals surface area contributed by atoms with E-state index in [4.69, 9.17) is 23.2 Å². The third-order valence-electron chi connectivity index (χ3n) is 2.71. The Kier molecular flexibility index (Phi) is 4.40. The molecule has 0 saturated carbocycles. The Labute approximate surface area is 116 Å². The zero-order valence-corrected chi connectivity index (χ0v) is 11.2. The van der Waals surface area contributed by atoms with Gasteiger partial charge in [0.15, 0.2) is 5.78 Å². The molecule has 0 fully saturated rings. The number of carbonyl (C=O) groups is 1. The van der Waals surface area contributed by atoms with Crippen LogP contribution < -0.4 is 0 Å². The molecule has 0 heterocycles. The number of hydrogen-bond acceptors (Lipinski definition) is 1. The number of carbonyl (C=O) groups excluding carboxylic acids is 1. The lowest BCUT2D eigenvalue weighted by atomic mass is 10.0. The summed E-state index contributed by atoms with van der Waals surface area (Å²) in [6.45, 7) is 0. The molecule has 2 aromatic rings. The SMILES string of the molecule is O=C(CCc1ccccc1)c1cc(Cl)ccc1Cl. The molecule has 0 aromatic heterocycles. The second kappa shape index (κ2) is 6.03. The lowest BCUT2D eigenvalue weighted by Gasteiger charge is -2.04. The first-order chi connectivity index (χ1) is 8.66. The van der Waals surface area contributed by atoms with Crippen molar-refractivity contribution >= 4 is 29.0 Å². The van der Waals surface area contributed by atoms with Gasteiger partial charge in [-0.1, -0.05) is 53.5 Å². The summed E-state index contributed by atoms with van der Waals surface area (Å²) in [5, 5.41) is 0.986. The highest BCUT2D eigenvalue weighted by Gasteiger charge is 2.10. The summed E-state index contributed by atoms with van der Waals surface area (Å²) < 4.78 is 0. The van der Waals surface area contributed by atoms with Gasteiger partial charge in [0, 0.05) is 17.0 Å². The van der Waals surface area contributed by atoms with E-state index in [2.05, 4.69) is 0 Å². The highest BCUT2D eigenvalue weighted by Crippen LogP contribution is 2.22. The molecule has 0 saturated heterocycles. The van der Waals surface area contributed by atoms with Crippen molar-refractivity contribution in [3.63, 3.8) is 0 Å². The van der Waals surface area contributed by atoms with Crippen molar-refractivity contribution in [2.24, 2.45) is 0 Å². The van der Waals surface area contributed by atoms with E-state index in [1.54, 1.807) is 18.2 Å². The van der Waals surface area contributed by atoms with Gasteiger partial charge in [0.05, 0.1) is 5.02 Å². The summed E-state index contributed by atoms with van der Waals surface area (Å²) in [5.74, 6) is 0.0198. The summed E-state index contributed by atoms with van der Waals surface area (Å²) in [7, 11) is 0. The van der Waals surface area contributed by atoms with E-state index in [0.29, 0.717) is 28.5 Å². The number of halogens is 2. The molecule has 0 aliphatic heterocycles. The van der Waals surface area contributed by atoms with E-state index in [1.807, 2.05) is 30.3 Å². The molecule has 0 amide bonds. The Morgan fingerprint density at radius 2 is 1.72 bits per heavy atom. The minimum Gasteiger partial charge on any atom is -0.294 e. The molecule has 92 valence electrons. The molecular formula is C15H12Cl2O. The number of Topliss-reactive ketones (excluding diaryl/α,β-unsaturated/α-hetero) is 1. The molecule has 0 bridgehead atoms. The van der Waals surface area contributed by atoms with Gasteiger partial charge in [-0.3, -0.25) is 4.79 Å². The number of rotatable bonds is 4. The van der Waals surface area contributed by atoms with Gasteiger partial charge in [0.2, 0.25) is 0 Å².